The van der Waals surface area contributed by atoms with Crippen molar-refractivity contribution in [1.82, 2.24) is 15.3 Å². The van der Waals surface area contributed by atoms with Gasteiger partial charge in [0.2, 0.25) is 5.91 Å². The minimum atomic E-state index is 0.00168. The summed E-state index contributed by atoms with van der Waals surface area (Å²) in [5, 5.41) is 3.77. The predicted molar refractivity (Wildman–Crippen MR) is 89.8 cm³/mol. The first-order valence-corrected chi connectivity index (χ1v) is 8.13. The molecule has 3 rings (SSSR count). The fourth-order valence-electron chi connectivity index (χ4n) is 2.24. The van der Waals surface area contributed by atoms with E-state index < -0.39 is 0 Å². The van der Waals surface area contributed by atoms with Gasteiger partial charge in [0.15, 0.2) is 5.16 Å². The number of nitrogens with zero attached hydrogens (tertiary/aromatic N) is 1. The van der Waals surface area contributed by atoms with Gasteiger partial charge in [0.05, 0.1) is 22.8 Å². The van der Waals surface area contributed by atoms with Crippen LogP contribution in [0.4, 0.5) is 0 Å². The van der Waals surface area contributed by atoms with Crippen LogP contribution in [0.25, 0.3) is 11.0 Å². The lowest BCUT2D eigenvalue weighted by Gasteiger charge is -2.13. The van der Waals surface area contributed by atoms with Crippen LogP contribution in [0.15, 0.2) is 59.8 Å². The number of carbonyl (C=O) groups is 1. The number of benzene rings is 2. The minimum Gasteiger partial charge on any atom is -0.349 e. The van der Waals surface area contributed by atoms with Gasteiger partial charge in [-0.05, 0) is 24.6 Å². The van der Waals surface area contributed by atoms with Crippen LogP contribution in [0.1, 0.15) is 18.5 Å². The van der Waals surface area contributed by atoms with Gasteiger partial charge < -0.3 is 10.3 Å². The molecule has 1 heterocycles. The molecule has 0 unspecified atom stereocenters. The highest BCUT2D eigenvalue weighted by Crippen LogP contribution is 2.19. The number of hydrogen-bond donors (Lipinski definition) is 2. The molecule has 0 radical (unpaired) electrons. The number of amides is 1. The van der Waals surface area contributed by atoms with Crippen molar-refractivity contribution >= 4 is 28.7 Å². The number of carbonyl (C=O) groups excluding carboxylic acids is 1. The van der Waals surface area contributed by atoms with Crippen molar-refractivity contribution in [2.75, 3.05) is 5.75 Å². The number of imidazole rings is 1. The van der Waals surface area contributed by atoms with E-state index in [2.05, 4.69) is 15.3 Å². The first-order chi connectivity index (χ1) is 10.7. The van der Waals surface area contributed by atoms with Crippen LogP contribution in [-0.4, -0.2) is 21.6 Å². The monoisotopic (exact) mass is 311 g/mol. The van der Waals surface area contributed by atoms with Gasteiger partial charge in [-0.3, -0.25) is 4.79 Å². The van der Waals surface area contributed by atoms with Crippen molar-refractivity contribution in [1.29, 1.82) is 0 Å². The summed E-state index contributed by atoms with van der Waals surface area (Å²) >= 11 is 1.41. The van der Waals surface area contributed by atoms with Crippen molar-refractivity contribution in [3.8, 4) is 0 Å². The van der Waals surface area contributed by atoms with Crippen LogP contribution in [0.3, 0.4) is 0 Å². The van der Waals surface area contributed by atoms with E-state index in [1.807, 2.05) is 61.5 Å². The average Bonchev–Trinajstić information content (AvgIpc) is 2.96. The van der Waals surface area contributed by atoms with E-state index in [-0.39, 0.29) is 11.9 Å². The molecule has 1 atom stereocenters. The van der Waals surface area contributed by atoms with Crippen molar-refractivity contribution < 1.29 is 4.79 Å². The van der Waals surface area contributed by atoms with E-state index in [4.69, 9.17) is 0 Å². The molecule has 2 aromatic carbocycles. The summed E-state index contributed by atoms with van der Waals surface area (Å²) in [7, 11) is 0. The summed E-state index contributed by atoms with van der Waals surface area (Å²) in [6.07, 6.45) is 0. The fourth-order valence-corrected chi connectivity index (χ4v) is 2.94. The first kappa shape index (κ1) is 14.7. The lowest BCUT2D eigenvalue weighted by molar-refractivity contribution is -0.119. The first-order valence-electron chi connectivity index (χ1n) is 7.14. The fraction of sp³-hybridized carbons (Fsp3) is 0.176. The second kappa shape index (κ2) is 6.66. The second-order valence-electron chi connectivity index (χ2n) is 5.05. The molecule has 3 aromatic rings. The molecular weight excluding hydrogens is 294 g/mol. The zero-order chi connectivity index (χ0) is 15.4. The molecular formula is C17H17N3OS. The average molecular weight is 311 g/mol. The number of aromatic amines is 1. The van der Waals surface area contributed by atoms with Crippen molar-refractivity contribution in [3.63, 3.8) is 0 Å². The molecule has 1 amide bonds. The molecule has 22 heavy (non-hydrogen) atoms. The molecule has 5 heteroatoms. The molecule has 0 saturated carbocycles. The Morgan fingerprint density at radius 3 is 2.68 bits per heavy atom. The Morgan fingerprint density at radius 2 is 1.91 bits per heavy atom. The van der Waals surface area contributed by atoms with Crippen LogP contribution in [0.2, 0.25) is 0 Å². The summed E-state index contributed by atoms with van der Waals surface area (Å²) in [5.41, 5.74) is 3.01. The van der Waals surface area contributed by atoms with Gasteiger partial charge in [-0.2, -0.15) is 0 Å². The van der Waals surface area contributed by atoms with Gasteiger partial charge in [-0.25, -0.2) is 4.98 Å². The van der Waals surface area contributed by atoms with Crippen LogP contribution < -0.4 is 5.32 Å². The highest BCUT2D eigenvalue weighted by atomic mass is 32.2. The summed E-state index contributed by atoms with van der Waals surface area (Å²) in [6, 6.07) is 17.8. The van der Waals surface area contributed by atoms with Gasteiger partial charge in [0.1, 0.15) is 0 Å². The van der Waals surface area contributed by atoms with Crippen molar-refractivity contribution in [3.05, 3.63) is 60.2 Å². The molecule has 0 aliphatic rings. The molecule has 0 bridgehead atoms. The van der Waals surface area contributed by atoms with Crippen LogP contribution >= 0.6 is 11.8 Å². The summed E-state index contributed by atoms with van der Waals surface area (Å²) in [5.74, 6) is 0.346. The summed E-state index contributed by atoms with van der Waals surface area (Å²) in [6.45, 7) is 1.99. The largest absolute Gasteiger partial charge is 0.349 e. The number of hydrogen-bond acceptors (Lipinski definition) is 3. The molecule has 0 fully saturated rings. The zero-order valence-corrected chi connectivity index (χ0v) is 13.1. The molecule has 0 aliphatic carbocycles. The summed E-state index contributed by atoms with van der Waals surface area (Å²) in [4.78, 5) is 19.7. The Bertz CT molecular complexity index is 737. The van der Waals surface area contributed by atoms with Crippen molar-refractivity contribution in [2.24, 2.45) is 0 Å². The van der Waals surface area contributed by atoms with Crippen molar-refractivity contribution in [2.45, 2.75) is 18.1 Å². The zero-order valence-electron chi connectivity index (χ0n) is 12.2. The lowest BCUT2D eigenvalue weighted by atomic mass is 10.1. The number of aromatic nitrogens is 2. The van der Waals surface area contributed by atoms with E-state index in [0.717, 1.165) is 21.8 Å². The number of thioether (sulfide) groups is 1. The number of nitrogens with one attached hydrogen (secondary N) is 2. The Morgan fingerprint density at radius 1 is 1.18 bits per heavy atom. The minimum absolute atomic E-state index is 0.00168. The number of para-hydroxylation sites is 2. The Balaban J connectivity index is 1.56. The van der Waals surface area contributed by atoms with E-state index in [1.165, 1.54) is 11.8 Å². The third-order valence-electron chi connectivity index (χ3n) is 3.38. The van der Waals surface area contributed by atoms with Crippen LogP contribution in [-0.2, 0) is 4.79 Å². The van der Waals surface area contributed by atoms with E-state index in [0.29, 0.717) is 5.75 Å². The number of fused-ring (bicyclic) bond motifs is 1. The Labute approximate surface area is 133 Å². The SMILES string of the molecule is C[C@@H](NC(=O)CSc1nc2ccccc2[nH]1)c1ccccc1. The highest BCUT2D eigenvalue weighted by Gasteiger charge is 2.11. The second-order valence-corrected chi connectivity index (χ2v) is 6.01. The molecule has 4 nitrogen and oxygen atoms in total. The molecule has 0 aliphatic heterocycles. The topological polar surface area (TPSA) is 57.8 Å². The van der Waals surface area contributed by atoms with Gasteiger partial charge >= 0.3 is 0 Å². The summed E-state index contributed by atoms with van der Waals surface area (Å²) < 4.78 is 0. The molecule has 112 valence electrons. The Hall–Kier alpha value is -2.27. The third-order valence-corrected chi connectivity index (χ3v) is 4.26. The quantitative estimate of drug-likeness (QED) is 0.709. The van der Waals surface area contributed by atoms with Gasteiger partial charge in [-0.1, -0.05) is 54.2 Å². The third kappa shape index (κ3) is 3.49. The number of rotatable bonds is 5. The predicted octanol–water partition coefficient (Wildman–Crippen LogP) is 3.53. The molecule has 2 N–H and O–H groups in total. The maximum atomic E-state index is 12.0. The normalized spacial score (nSPS) is 12.2. The van der Waals surface area contributed by atoms with Crippen LogP contribution in [0.5, 0.6) is 0 Å². The van der Waals surface area contributed by atoms with Gasteiger partial charge in [0, 0.05) is 0 Å². The van der Waals surface area contributed by atoms with E-state index >= 15 is 0 Å². The Kier molecular flexibility index (Phi) is 4.44. The van der Waals surface area contributed by atoms with Crippen LogP contribution in [0, 0.1) is 0 Å². The number of H-pyrrole nitrogens is 1. The van der Waals surface area contributed by atoms with Gasteiger partial charge in [-0.15, -0.1) is 0 Å². The molecule has 1 aromatic heterocycles. The van der Waals surface area contributed by atoms with Gasteiger partial charge in [0.25, 0.3) is 0 Å². The smallest absolute Gasteiger partial charge is 0.230 e. The maximum Gasteiger partial charge on any atom is 0.230 e. The maximum absolute atomic E-state index is 12.0. The lowest BCUT2D eigenvalue weighted by Crippen LogP contribution is -2.28. The molecule has 0 spiro atoms. The van der Waals surface area contributed by atoms with E-state index in [9.17, 15) is 4.79 Å². The highest BCUT2D eigenvalue weighted by molar-refractivity contribution is 7.99. The van der Waals surface area contributed by atoms with E-state index in [1.54, 1.807) is 0 Å². The molecule has 0 saturated heterocycles. The standard InChI is InChI=1S/C17H17N3OS/c1-12(13-7-3-2-4-8-13)18-16(21)11-22-17-19-14-9-5-6-10-15(14)20-17/h2-10,12H,11H2,1H3,(H,18,21)(H,19,20)/t12-/m1/s1.